The Morgan fingerprint density at radius 2 is 2.35 bits per heavy atom. The highest BCUT2D eigenvalue weighted by atomic mass is 19.1. The molecule has 1 aromatic heterocycles. The maximum atomic E-state index is 12.7. The maximum Gasteiger partial charge on any atom is 0.329 e. The van der Waals surface area contributed by atoms with Crippen LogP contribution in [0.5, 0.6) is 0 Å². The third-order valence-electron chi connectivity index (χ3n) is 2.45. The van der Waals surface area contributed by atoms with E-state index in [2.05, 4.69) is 10.3 Å². The predicted octanol–water partition coefficient (Wildman–Crippen LogP) is 0.756. The number of hydrogen-bond donors (Lipinski definition) is 2. The molecule has 1 unspecified atom stereocenters. The molecule has 0 bridgehead atoms. The van der Waals surface area contributed by atoms with Crippen LogP contribution in [0.2, 0.25) is 0 Å². The number of nitrogens with one attached hydrogen (secondary N) is 1. The van der Waals surface area contributed by atoms with Crippen molar-refractivity contribution >= 4 is 5.97 Å². The average Bonchev–Trinajstić information content (AvgIpc) is 2.29. The van der Waals surface area contributed by atoms with E-state index in [0.29, 0.717) is 13.2 Å². The van der Waals surface area contributed by atoms with Gasteiger partial charge in [0.15, 0.2) is 5.54 Å². The van der Waals surface area contributed by atoms with Crippen molar-refractivity contribution in [2.24, 2.45) is 0 Å². The number of aliphatic carboxylic acids is 1. The second-order valence-corrected chi connectivity index (χ2v) is 3.71. The third-order valence-corrected chi connectivity index (χ3v) is 2.45. The summed E-state index contributed by atoms with van der Waals surface area (Å²) in [5.41, 5.74) is -1.10. The molecule has 0 saturated heterocycles. The number of carbonyl (C=O) groups is 1. The largest absolute Gasteiger partial charge is 0.480 e. The number of halogens is 1. The van der Waals surface area contributed by atoms with Crippen molar-refractivity contribution in [3.63, 3.8) is 0 Å². The summed E-state index contributed by atoms with van der Waals surface area (Å²) in [6.07, 6.45) is 0.995. The molecule has 0 saturated carbocycles. The van der Waals surface area contributed by atoms with Crippen LogP contribution < -0.4 is 5.32 Å². The van der Waals surface area contributed by atoms with E-state index in [1.54, 1.807) is 0 Å². The van der Waals surface area contributed by atoms with E-state index >= 15 is 0 Å². The molecule has 1 rings (SSSR count). The molecule has 5 nitrogen and oxygen atoms in total. The van der Waals surface area contributed by atoms with Crippen LogP contribution in [-0.4, -0.2) is 36.3 Å². The molecule has 17 heavy (non-hydrogen) atoms. The van der Waals surface area contributed by atoms with E-state index in [-0.39, 0.29) is 5.69 Å². The SMILES string of the molecule is COCCNC(C)(C(=O)O)c1ccc(F)cn1. The molecular formula is C11H15FN2O3. The Hall–Kier alpha value is -1.53. The summed E-state index contributed by atoms with van der Waals surface area (Å²) < 4.78 is 17.6. The lowest BCUT2D eigenvalue weighted by molar-refractivity contribution is -0.144. The van der Waals surface area contributed by atoms with E-state index in [1.165, 1.54) is 26.2 Å². The van der Waals surface area contributed by atoms with Crippen molar-refractivity contribution in [2.45, 2.75) is 12.5 Å². The molecule has 6 heteroatoms. The maximum absolute atomic E-state index is 12.7. The molecule has 2 N–H and O–H groups in total. The standard InChI is InChI=1S/C11H15FN2O3/c1-11(10(15)16,14-5-6-17-2)9-4-3-8(12)7-13-9/h3-4,7,14H,5-6H2,1-2H3,(H,15,16). The third kappa shape index (κ3) is 3.21. The molecule has 0 aliphatic heterocycles. The van der Waals surface area contributed by atoms with Crippen LogP contribution in [0, 0.1) is 5.82 Å². The van der Waals surface area contributed by atoms with Gasteiger partial charge in [-0.1, -0.05) is 0 Å². The quantitative estimate of drug-likeness (QED) is 0.720. The number of pyridine rings is 1. The fraction of sp³-hybridized carbons (Fsp3) is 0.455. The zero-order chi connectivity index (χ0) is 12.9. The first-order valence-electron chi connectivity index (χ1n) is 5.10. The van der Waals surface area contributed by atoms with E-state index in [1.807, 2.05) is 0 Å². The number of nitrogens with zero attached hydrogens (tertiary/aromatic N) is 1. The number of carboxylic acids is 1. The van der Waals surface area contributed by atoms with Crippen LogP contribution in [0.25, 0.3) is 0 Å². The summed E-state index contributed by atoms with van der Waals surface area (Å²) in [6.45, 7) is 2.22. The fourth-order valence-electron chi connectivity index (χ4n) is 1.35. The van der Waals surface area contributed by atoms with Crippen LogP contribution in [-0.2, 0) is 15.1 Å². The van der Waals surface area contributed by atoms with Crippen molar-refractivity contribution in [1.29, 1.82) is 0 Å². The van der Waals surface area contributed by atoms with Crippen LogP contribution in [0.1, 0.15) is 12.6 Å². The van der Waals surface area contributed by atoms with Crippen LogP contribution >= 0.6 is 0 Å². The normalized spacial score (nSPS) is 14.3. The van der Waals surface area contributed by atoms with Crippen LogP contribution in [0.4, 0.5) is 4.39 Å². The Bertz CT molecular complexity index is 383. The van der Waals surface area contributed by atoms with Gasteiger partial charge >= 0.3 is 5.97 Å². The van der Waals surface area contributed by atoms with Gasteiger partial charge < -0.3 is 9.84 Å². The minimum Gasteiger partial charge on any atom is -0.480 e. The lowest BCUT2D eigenvalue weighted by atomic mass is 9.97. The summed E-state index contributed by atoms with van der Waals surface area (Å²) in [5, 5.41) is 12.0. The fourth-order valence-corrected chi connectivity index (χ4v) is 1.35. The molecule has 1 atom stereocenters. The van der Waals surface area contributed by atoms with Gasteiger partial charge in [-0.3, -0.25) is 10.3 Å². The first-order chi connectivity index (χ1) is 8.00. The summed E-state index contributed by atoms with van der Waals surface area (Å²) in [5.74, 6) is -1.58. The second kappa shape index (κ2) is 5.70. The molecule has 0 spiro atoms. The number of methoxy groups -OCH3 is 1. The smallest absolute Gasteiger partial charge is 0.329 e. The summed E-state index contributed by atoms with van der Waals surface area (Å²) in [4.78, 5) is 15.1. The molecule has 0 fully saturated rings. The van der Waals surface area contributed by atoms with E-state index in [9.17, 15) is 14.3 Å². The minimum atomic E-state index is -1.35. The average molecular weight is 242 g/mol. The lowest BCUT2D eigenvalue weighted by Crippen LogP contribution is -2.48. The summed E-state index contributed by atoms with van der Waals surface area (Å²) >= 11 is 0. The highest BCUT2D eigenvalue weighted by Gasteiger charge is 2.35. The Balaban J connectivity index is 2.90. The molecule has 0 amide bonds. The molecule has 1 heterocycles. The van der Waals surface area contributed by atoms with Crippen molar-refractivity contribution < 1.29 is 19.0 Å². The monoisotopic (exact) mass is 242 g/mol. The Labute approximate surface area is 98.6 Å². The molecule has 0 aromatic carbocycles. The molecule has 0 radical (unpaired) electrons. The highest BCUT2D eigenvalue weighted by molar-refractivity contribution is 5.79. The van der Waals surface area contributed by atoms with Gasteiger partial charge in [-0.15, -0.1) is 0 Å². The Morgan fingerprint density at radius 3 is 2.82 bits per heavy atom. The van der Waals surface area contributed by atoms with Crippen molar-refractivity contribution in [3.05, 3.63) is 29.8 Å². The Kier molecular flexibility index (Phi) is 4.53. The van der Waals surface area contributed by atoms with E-state index < -0.39 is 17.3 Å². The first-order valence-corrected chi connectivity index (χ1v) is 5.10. The van der Waals surface area contributed by atoms with Crippen molar-refractivity contribution in [3.8, 4) is 0 Å². The topological polar surface area (TPSA) is 71.5 Å². The summed E-state index contributed by atoms with van der Waals surface area (Å²) in [6, 6.07) is 2.53. The molecule has 0 aliphatic rings. The molecular weight excluding hydrogens is 227 g/mol. The van der Waals surface area contributed by atoms with E-state index in [0.717, 1.165) is 6.20 Å². The number of hydrogen-bond acceptors (Lipinski definition) is 4. The van der Waals surface area contributed by atoms with E-state index in [4.69, 9.17) is 4.74 Å². The number of rotatable bonds is 6. The number of aromatic nitrogens is 1. The zero-order valence-corrected chi connectivity index (χ0v) is 9.74. The Morgan fingerprint density at radius 1 is 1.65 bits per heavy atom. The van der Waals surface area contributed by atoms with Crippen molar-refractivity contribution in [2.75, 3.05) is 20.3 Å². The zero-order valence-electron chi connectivity index (χ0n) is 9.74. The van der Waals surface area contributed by atoms with Gasteiger partial charge in [0.1, 0.15) is 5.82 Å². The van der Waals surface area contributed by atoms with Gasteiger partial charge in [-0.25, -0.2) is 9.18 Å². The second-order valence-electron chi connectivity index (χ2n) is 3.71. The van der Waals surface area contributed by atoms with Crippen molar-refractivity contribution in [1.82, 2.24) is 10.3 Å². The lowest BCUT2D eigenvalue weighted by Gasteiger charge is -2.25. The minimum absolute atomic E-state index is 0.252. The molecule has 94 valence electrons. The van der Waals surface area contributed by atoms with Gasteiger partial charge in [-0.2, -0.15) is 0 Å². The molecule has 1 aromatic rings. The first kappa shape index (κ1) is 13.5. The number of carboxylic acid groups (broad SMARTS) is 1. The van der Waals surface area contributed by atoms with Gasteiger partial charge in [0, 0.05) is 13.7 Å². The highest BCUT2D eigenvalue weighted by Crippen LogP contribution is 2.18. The van der Waals surface area contributed by atoms with Crippen LogP contribution in [0.3, 0.4) is 0 Å². The van der Waals surface area contributed by atoms with Gasteiger partial charge in [0.2, 0.25) is 0 Å². The van der Waals surface area contributed by atoms with Crippen LogP contribution in [0.15, 0.2) is 18.3 Å². The van der Waals surface area contributed by atoms with Gasteiger partial charge in [-0.05, 0) is 19.1 Å². The predicted molar refractivity (Wildman–Crippen MR) is 59.1 cm³/mol. The van der Waals surface area contributed by atoms with Gasteiger partial charge in [0.05, 0.1) is 18.5 Å². The molecule has 0 aliphatic carbocycles. The van der Waals surface area contributed by atoms with Gasteiger partial charge in [0.25, 0.3) is 0 Å². The summed E-state index contributed by atoms with van der Waals surface area (Å²) in [7, 11) is 1.52. The number of ether oxygens (including phenoxy) is 1.